The van der Waals surface area contributed by atoms with E-state index in [0.717, 1.165) is 0 Å². The van der Waals surface area contributed by atoms with Crippen molar-refractivity contribution in [2.75, 3.05) is 13.1 Å². The number of aliphatic carboxylic acids is 1. The van der Waals surface area contributed by atoms with Crippen LogP contribution in [0.4, 0.5) is 4.79 Å². The van der Waals surface area contributed by atoms with Gasteiger partial charge in [-0.1, -0.05) is 0 Å². The first-order chi connectivity index (χ1) is 8.41. The number of hydrogen-bond donors (Lipinski definition) is 4. The first-order valence-electron chi connectivity index (χ1n) is 5.45. The Morgan fingerprint density at radius 2 is 1.61 bits per heavy atom. The van der Waals surface area contributed by atoms with Crippen molar-refractivity contribution >= 4 is 23.8 Å². The molecule has 0 bridgehead atoms. The zero-order valence-electron chi connectivity index (χ0n) is 10.1. The molecule has 0 rings (SSSR count). The van der Waals surface area contributed by atoms with Crippen LogP contribution in [0.1, 0.15) is 26.2 Å². The molecule has 0 saturated carbocycles. The van der Waals surface area contributed by atoms with E-state index in [2.05, 4.69) is 10.6 Å². The molecular weight excluding hydrogens is 242 g/mol. The zero-order chi connectivity index (χ0) is 14.0. The lowest BCUT2D eigenvalue weighted by molar-refractivity contribution is -0.137. The molecule has 4 amide bonds. The Labute approximate surface area is 104 Å². The second kappa shape index (κ2) is 8.97. The number of nitrogens with one attached hydrogen (secondary N) is 3. The van der Waals surface area contributed by atoms with Crippen LogP contribution in [0.5, 0.6) is 0 Å². The number of carbonyl (C=O) groups excluding carboxylic acids is 3. The first kappa shape index (κ1) is 15.9. The van der Waals surface area contributed by atoms with Crippen LogP contribution in [-0.2, 0) is 14.4 Å². The Balaban J connectivity index is 3.58. The van der Waals surface area contributed by atoms with E-state index in [0.29, 0.717) is 0 Å². The fraction of sp³-hybridized carbons (Fsp3) is 0.600. The molecule has 0 aliphatic rings. The Hall–Kier alpha value is -2.12. The summed E-state index contributed by atoms with van der Waals surface area (Å²) in [4.78, 5) is 42.9. The van der Waals surface area contributed by atoms with Crippen LogP contribution in [-0.4, -0.2) is 42.0 Å². The molecule has 18 heavy (non-hydrogen) atoms. The molecule has 0 aliphatic heterocycles. The topological polar surface area (TPSA) is 125 Å². The third kappa shape index (κ3) is 10.4. The monoisotopic (exact) mass is 259 g/mol. The second-order valence-electron chi connectivity index (χ2n) is 3.53. The van der Waals surface area contributed by atoms with E-state index >= 15 is 0 Å². The molecule has 0 aromatic carbocycles. The minimum Gasteiger partial charge on any atom is -0.481 e. The van der Waals surface area contributed by atoms with Gasteiger partial charge in [0.2, 0.25) is 11.8 Å². The van der Waals surface area contributed by atoms with Crippen molar-refractivity contribution in [2.45, 2.75) is 26.2 Å². The molecule has 8 nitrogen and oxygen atoms in total. The van der Waals surface area contributed by atoms with Crippen molar-refractivity contribution in [1.29, 1.82) is 0 Å². The summed E-state index contributed by atoms with van der Waals surface area (Å²) in [6.45, 7) is 1.83. The number of carboxylic acid groups (broad SMARTS) is 1. The fourth-order valence-corrected chi connectivity index (χ4v) is 1.05. The lowest BCUT2D eigenvalue weighted by Crippen LogP contribution is -2.42. The van der Waals surface area contributed by atoms with E-state index in [4.69, 9.17) is 5.11 Å². The minimum absolute atomic E-state index is 0.0224. The largest absolute Gasteiger partial charge is 0.481 e. The van der Waals surface area contributed by atoms with Gasteiger partial charge in [-0.15, -0.1) is 0 Å². The standard InChI is InChI=1S/C10H17N3O5/c1-7(14)11-5-6-12-10(18)13-8(15)3-2-4-9(16)17/h2-6H2,1H3,(H,11,14)(H,16,17)(H2,12,13,15,18). The Morgan fingerprint density at radius 3 is 2.17 bits per heavy atom. The molecule has 0 aromatic rings. The molecule has 0 atom stereocenters. The third-order valence-corrected chi connectivity index (χ3v) is 1.83. The van der Waals surface area contributed by atoms with Gasteiger partial charge in [0.15, 0.2) is 0 Å². The minimum atomic E-state index is -0.984. The maximum absolute atomic E-state index is 11.1. The van der Waals surface area contributed by atoms with Gasteiger partial charge in [0.05, 0.1) is 0 Å². The van der Waals surface area contributed by atoms with Crippen molar-refractivity contribution < 1.29 is 24.3 Å². The highest BCUT2D eigenvalue weighted by Gasteiger charge is 2.07. The number of carbonyl (C=O) groups is 4. The summed E-state index contributed by atoms with van der Waals surface area (Å²) in [6, 6.07) is -0.666. The Morgan fingerprint density at radius 1 is 1.00 bits per heavy atom. The van der Waals surface area contributed by atoms with Crippen LogP contribution in [0.15, 0.2) is 0 Å². The molecule has 0 radical (unpaired) electrons. The SMILES string of the molecule is CC(=O)NCCNC(=O)NC(=O)CCCC(=O)O. The van der Waals surface area contributed by atoms with Crippen molar-refractivity contribution in [3.8, 4) is 0 Å². The molecule has 0 aromatic heterocycles. The van der Waals surface area contributed by atoms with E-state index in [9.17, 15) is 19.2 Å². The number of hydrogen-bond acceptors (Lipinski definition) is 4. The summed E-state index contributed by atoms with van der Waals surface area (Å²) in [5.74, 6) is -1.72. The smallest absolute Gasteiger partial charge is 0.321 e. The molecular formula is C10H17N3O5. The van der Waals surface area contributed by atoms with Gasteiger partial charge in [0.25, 0.3) is 0 Å². The summed E-state index contributed by atoms with van der Waals surface area (Å²) < 4.78 is 0. The van der Waals surface area contributed by atoms with Gasteiger partial charge in [-0.25, -0.2) is 4.79 Å². The highest BCUT2D eigenvalue weighted by Crippen LogP contribution is 1.94. The molecule has 0 heterocycles. The molecule has 4 N–H and O–H groups in total. The van der Waals surface area contributed by atoms with E-state index < -0.39 is 17.9 Å². The highest BCUT2D eigenvalue weighted by molar-refractivity contribution is 5.94. The average molecular weight is 259 g/mol. The van der Waals surface area contributed by atoms with E-state index in [1.54, 1.807) is 0 Å². The Kier molecular flexibility index (Phi) is 7.91. The number of carboxylic acids is 1. The molecule has 102 valence electrons. The molecule has 0 saturated heterocycles. The summed E-state index contributed by atoms with van der Waals surface area (Å²) >= 11 is 0. The Bertz CT molecular complexity index is 329. The van der Waals surface area contributed by atoms with Crippen LogP contribution in [0.25, 0.3) is 0 Å². The maximum atomic E-state index is 11.1. The molecule has 0 unspecified atom stereocenters. The van der Waals surface area contributed by atoms with E-state index in [1.807, 2.05) is 5.32 Å². The van der Waals surface area contributed by atoms with Gasteiger partial charge in [-0.3, -0.25) is 19.7 Å². The molecule has 0 fully saturated rings. The van der Waals surface area contributed by atoms with Crippen LogP contribution in [0, 0.1) is 0 Å². The predicted molar refractivity (Wildman–Crippen MR) is 61.7 cm³/mol. The number of urea groups is 1. The van der Waals surface area contributed by atoms with Gasteiger partial charge in [-0.05, 0) is 6.42 Å². The lowest BCUT2D eigenvalue weighted by atomic mass is 10.2. The molecule has 0 spiro atoms. The van der Waals surface area contributed by atoms with E-state index in [-0.39, 0.29) is 38.3 Å². The first-order valence-corrected chi connectivity index (χ1v) is 5.45. The zero-order valence-corrected chi connectivity index (χ0v) is 10.1. The van der Waals surface area contributed by atoms with Crippen molar-refractivity contribution in [3.63, 3.8) is 0 Å². The second-order valence-corrected chi connectivity index (χ2v) is 3.53. The highest BCUT2D eigenvalue weighted by atomic mass is 16.4. The van der Waals surface area contributed by atoms with Crippen LogP contribution in [0.3, 0.4) is 0 Å². The molecule has 8 heteroatoms. The lowest BCUT2D eigenvalue weighted by Gasteiger charge is -2.06. The van der Waals surface area contributed by atoms with E-state index in [1.165, 1.54) is 6.92 Å². The normalized spacial score (nSPS) is 9.39. The fourth-order valence-electron chi connectivity index (χ4n) is 1.05. The quantitative estimate of drug-likeness (QED) is 0.446. The average Bonchev–Trinajstić information content (AvgIpc) is 2.23. The van der Waals surface area contributed by atoms with Gasteiger partial charge in [0, 0.05) is 32.9 Å². The summed E-state index contributed by atoms with van der Waals surface area (Å²) in [5, 5.41) is 15.2. The van der Waals surface area contributed by atoms with Gasteiger partial charge >= 0.3 is 12.0 Å². The van der Waals surface area contributed by atoms with Crippen molar-refractivity contribution in [2.24, 2.45) is 0 Å². The summed E-state index contributed by atoms with van der Waals surface area (Å²) in [7, 11) is 0. The van der Waals surface area contributed by atoms with Crippen LogP contribution in [0.2, 0.25) is 0 Å². The van der Waals surface area contributed by atoms with Crippen molar-refractivity contribution in [3.05, 3.63) is 0 Å². The number of imide groups is 1. The summed E-state index contributed by atoms with van der Waals surface area (Å²) in [5.41, 5.74) is 0. The maximum Gasteiger partial charge on any atom is 0.321 e. The number of amides is 4. The van der Waals surface area contributed by atoms with Crippen molar-refractivity contribution in [1.82, 2.24) is 16.0 Å². The summed E-state index contributed by atoms with van der Waals surface area (Å²) in [6.07, 6.45) is 0.0450. The van der Waals surface area contributed by atoms with Gasteiger partial charge in [0.1, 0.15) is 0 Å². The van der Waals surface area contributed by atoms with Gasteiger partial charge in [-0.2, -0.15) is 0 Å². The van der Waals surface area contributed by atoms with Gasteiger partial charge < -0.3 is 15.7 Å². The molecule has 0 aliphatic carbocycles. The van der Waals surface area contributed by atoms with Crippen LogP contribution < -0.4 is 16.0 Å². The third-order valence-electron chi connectivity index (χ3n) is 1.83. The predicted octanol–water partition coefficient (Wildman–Crippen LogP) is -0.797. The van der Waals surface area contributed by atoms with Crippen LogP contribution >= 0.6 is 0 Å². The number of rotatable bonds is 7.